The molecule has 0 radical (unpaired) electrons. The van der Waals surface area contributed by atoms with Crippen LogP contribution < -0.4 is 9.99 Å². The third-order valence-corrected chi connectivity index (χ3v) is 3.91. The van der Waals surface area contributed by atoms with Gasteiger partial charge in [0, 0.05) is 18.2 Å². The van der Waals surface area contributed by atoms with E-state index in [1.165, 1.54) is 0 Å². The summed E-state index contributed by atoms with van der Waals surface area (Å²) in [6.07, 6.45) is 6.53. The first-order valence-electron chi connectivity index (χ1n) is 7.30. The number of nitrogens with one attached hydrogen (secondary N) is 1. The van der Waals surface area contributed by atoms with Gasteiger partial charge in [-0.2, -0.15) is 5.10 Å². The summed E-state index contributed by atoms with van der Waals surface area (Å²) in [5, 5.41) is 4.17. The summed E-state index contributed by atoms with van der Waals surface area (Å²) in [5.74, 6) is -0.310. The average molecular weight is 333 g/mol. The fraction of sp³-hybridized carbons (Fsp3) is 0.250. The van der Waals surface area contributed by atoms with Gasteiger partial charge in [0.2, 0.25) is 0 Å². The fourth-order valence-electron chi connectivity index (χ4n) is 2.02. The van der Waals surface area contributed by atoms with Crippen molar-refractivity contribution in [3.63, 3.8) is 0 Å². The predicted molar refractivity (Wildman–Crippen MR) is 88.1 cm³/mol. The van der Waals surface area contributed by atoms with Crippen molar-refractivity contribution >= 4 is 22.0 Å². The molecular weight excluding hydrogens is 314 g/mol. The van der Waals surface area contributed by atoms with Gasteiger partial charge in [0.05, 0.1) is 27.6 Å². The highest BCUT2D eigenvalue weighted by Crippen LogP contribution is 2.04. The predicted octanol–water partition coefficient (Wildman–Crippen LogP) is 1.75. The molecule has 7 heteroatoms. The Morgan fingerprint density at radius 1 is 1.13 bits per heavy atom. The van der Waals surface area contributed by atoms with E-state index in [1.807, 2.05) is 59.4 Å². The molecular formula is C16H19N3O3S. The Morgan fingerprint density at radius 2 is 1.91 bits per heavy atom. The summed E-state index contributed by atoms with van der Waals surface area (Å²) in [6, 6.07) is 13.5. The molecule has 2 rings (SSSR count). The number of para-hydroxylation sites is 1. The van der Waals surface area contributed by atoms with Gasteiger partial charge in [-0.1, -0.05) is 18.2 Å². The van der Waals surface area contributed by atoms with Gasteiger partial charge in [0.25, 0.3) is 0 Å². The van der Waals surface area contributed by atoms with E-state index in [9.17, 15) is 13.0 Å². The molecule has 1 heterocycles. The summed E-state index contributed by atoms with van der Waals surface area (Å²) in [4.78, 5) is 0. The van der Waals surface area contributed by atoms with Crippen LogP contribution in [-0.4, -0.2) is 24.9 Å². The Kier molecular flexibility index (Phi) is 6.25. The average Bonchev–Trinajstić information content (AvgIpc) is 2.52. The molecule has 0 aliphatic carbocycles. The molecule has 0 saturated carbocycles. The molecule has 0 saturated heterocycles. The minimum atomic E-state index is -4.11. The van der Waals surface area contributed by atoms with Gasteiger partial charge in [-0.15, -0.1) is 0 Å². The van der Waals surface area contributed by atoms with Crippen LogP contribution in [0.4, 0.5) is 5.69 Å². The van der Waals surface area contributed by atoms with Crippen LogP contribution >= 0.6 is 0 Å². The van der Waals surface area contributed by atoms with E-state index in [2.05, 4.69) is 10.5 Å². The molecule has 0 aliphatic rings. The van der Waals surface area contributed by atoms with Crippen LogP contribution in [0, 0.1) is 0 Å². The van der Waals surface area contributed by atoms with Crippen molar-refractivity contribution in [3.8, 4) is 0 Å². The van der Waals surface area contributed by atoms with Crippen LogP contribution in [0.15, 0.2) is 60.0 Å². The lowest BCUT2D eigenvalue weighted by atomic mass is 10.3. The molecule has 23 heavy (non-hydrogen) atoms. The van der Waals surface area contributed by atoms with Crippen LogP contribution in [0.2, 0.25) is 0 Å². The van der Waals surface area contributed by atoms with Gasteiger partial charge in [-0.3, -0.25) is 5.43 Å². The molecule has 1 aromatic heterocycles. The molecule has 0 amide bonds. The largest absolute Gasteiger partial charge is 0.748 e. The number of rotatable bonds is 8. The standard InChI is InChI=1S/C16H19N3O3S/c20-23(21,22)12-5-4-10-19-11-6-7-15(14-19)13-17-18-16-8-2-1-3-9-16/h1-3,6-9,11,13-14,18H,4-5,10,12H2/b17-13+. The summed E-state index contributed by atoms with van der Waals surface area (Å²) >= 11 is 0. The molecule has 1 aromatic carbocycles. The highest BCUT2D eigenvalue weighted by molar-refractivity contribution is 7.85. The minimum absolute atomic E-state index is 0.310. The number of hydrazone groups is 1. The number of hydrogen-bond donors (Lipinski definition) is 1. The van der Waals surface area contributed by atoms with Gasteiger partial charge in [0.1, 0.15) is 6.54 Å². The van der Waals surface area contributed by atoms with Crippen molar-refractivity contribution in [1.82, 2.24) is 0 Å². The third kappa shape index (κ3) is 7.03. The maximum Gasteiger partial charge on any atom is 0.177 e. The summed E-state index contributed by atoms with van der Waals surface area (Å²) in [5.41, 5.74) is 4.77. The molecule has 122 valence electrons. The second-order valence-electron chi connectivity index (χ2n) is 5.08. The van der Waals surface area contributed by atoms with Crippen molar-refractivity contribution in [2.45, 2.75) is 19.4 Å². The second-order valence-corrected chi connectivity index (χ2v) is 6.60. The van der Waals surface area contributed by atoms with Gasteiger partial charge in [0.15, 0.2) is 12.4 Å². The zero-order valence-electron chi connectivity index (χ0n) is 12.6. The van der Waals surface area contributed by atoms with Crippen LogP contribution in [0.1, 0.15) is 18.4 Å². The molecule has 0 atom stereocenters. The zero-order valence-corrected chi connectivity index (χ0v) is 13.4. The number of anilines is 1. The topological polar surface area (TPSA) is 85.5 Å². The quantitative estimate of drug-likeness (QED) is 0.262. The van der Waals surface area contributed by atoms with Crippen molar-refractivity contribution in [3.05, 3.63) is 60.4 Å². The van der Waals surface area contributed by atoms with Crippen molar-refractivity contribution in [1.29, 1.82) is 0 Å². The monoisotopic (exact) mass is 333 g/mol. The van der Waals surface area contributed by atoms with Gasteiger partial charge < -0.3 is 4.55 Å². The number of unbranched alkanes of at least 4 members (excludes halogenated alkanes) is 1. The van der Waals surface area contributed by atoms with Crippen molar-refractivity contribution in [2.75, 3.05) is 11.2 Å². The smallest absolute Gasteiger partial charge is 0.177 e. The lowest BCUT2D eigenvalue weighted by molar-refractivity contribution is -0.697. The highest BCUT2D eigenvalue weighted by Gasteiger charge is 2.03. The van der Waals surface area contributed by atoms with E-state index in [1.54, 1.807) is 6.21 Å². The molecule has 0 unspecified atom stereocenters. The number of aromatic nitrogens is 1. The lowest BCUT2D eigenvalue weighted by Crippen LogP contribution is -2.33. The molecule has 1 N–H and O–H groups in total. The Balaban J connectivity index is 1.84. The van der Waals surface area contributed by atoms with E-state index >= 15 is 0 Å². The maximum absolute atomic E-state index is 10.5. The Labute approximate surface area is 136 Å². The highest BCUT2D eigenvalue weighted by atomic mass is 32.2. The van der Waals surface area contributed by atoms with E-state index in [-0.39, 0.29) is 5.75 Å². The number of benzene rings is 1. The van der Waals surface area contributed by atoms with Crippen molar-refractivity contribution in [2.24, 2.45) is 5.10 Å². The Bertz CT molecular complexity index is 746. The summed E-state index contributed by atoms with van der Waals surface area (Å²) in [7, 11) is -4.11. The van der Waals surface area contributed by atoms with E-state index in [4.69, 9.17) is 0 Å². The van der Waals surface area contributed by atoms with Crippen molar-refractivity contribution < 1.29 is 17.5 Å². The van der Waals surface area contributed by atoms with E-state index in [0.29, 0.717) is 19.4 Å². The maximum atomic E-state index is 10.5. The number of pyridine rings is 1. The van der Waals surface area contributed by atoms with Crippen LogP contribution in [0.3, 0.4) is 0 Å². The SMILES string of the molecule is O=S(=O)([O-])CCCC[n+]1cccc(/C=N/Nc2ccccc2)c1. The third-order valence-electron chi connectivity index (χ3n) is 3.12. The van der Waals surface area contributed by atoms with Crippen LogP contribution in [0.25, 0.3) is 0 Å². The molecule has 0 aliphatic heterocycles. The van der Waals surface area contributed by atoms with Crippen LogP contribution in [-0.2, 0) is 16.7 Å². The van der Waals surface area contributed by atoms with Gasteiger partial charge in [-0.25, -0.2) is 13.0 Å². The molecule has 6 nitrogen and oxygen atoms in total. The Hall–Kier alpha value is -2.25. The van der Waals surface area contributed by atoms with Gasteiger partial charge in [-0.05, 0) is 24.6 Å². The van der Waals surface area contributed by atoms with E-state index < -0.39 is 10.1 Å². The lowest BCUT2D eigenvalue weighted by Gasteiger charge is -2.04. The normalized spacial score (nSPS) is 11.7. The summed E-state index contributed by atoms with van der Waals surface area (Å²) in [6.45, 7) is 0.656. The number of aryl methyl sites for hydroxylation is 1. The molecule has 2 aromatic rings. The first-order valence-corrected chi connectivity index (χ1v) is 8.87. The first kappa shape index (κ1) is 17.1. The number of hydrogen-bond acceptors (Lipinski definition) is 5. The first-order chi connectivity index (χ1) is 11.0. The Morgan fingerprint density at radius 3 is 2.65 bits per heavy atom. The molecule has 0 spiro atoms. The van der Waals surface area contributed by atoms with Crippen LogP contribution in [0.5, 0.6) is 0 Å². The van der Waals surface area contributed by atoms with E-state index in [0.717, 1.165) is 11.3 Å². The number of nitrogens with zero attached hydrogens (tertiary/aromatic N) is 2. The molecule has 0 fully saturated rings. The fourth-order valence-corrected chi connectivity index (χ4v) is 2.58. The summed E-state index contributed by atoms with van der Waals surface area (Å²) < 4.78 is 33.6. The minimum Gasteiger partial charge on any atom is -0.748 e. The zero-order chi connectivity index (χ0) is 16.5. The molecule has 0 bridgehead atoms. The second kappa shape index (κ2) is 8.40. The van der Waals surface area contributed by atoms with Gasteiger partial charge >= 0.3 is 0 Å².